The third kappa shape index (κ3) is 6.82. The Balaban J connectivity index is 1.17. The van der Waals surface area contributed by atoms with Gasteiger partial charge in [0, 0.05) is 47.8 Å². The summed E-state index contributed by atoms with van der Waals surface area (Å²) in [6.07, 6.45) is 3.66. The van der Waals surface area contributed by atoms with Gasteiger partial charge in [-0.1, -0.05) is 30.3 Å². The van der Waals surface area contributed by atoms with E-state index in [1.54, 1.807) is 0 Å². The molecule has 0 bridgehead atoms. The fourth-order valence-corrected chi connectivity index (χ4v) is 7.40. The molecule has 9 heteroatoms. The van der Waals surface area contributed by atoms with E-state index in [0.29, 0.717) is 36.9 Å². The van der Waals surface area contributed by atoms with E-state index in [-0.39, 0.29) is 24.0 Å². The number of nitrogens with zero attached hydrogens (tertiary/aromatic N) is 2. The molecule has 1 aromatic heterocycles. The third-order valence-corrected chi connectivity index (χ3v) is 9.95. The van der Waals surface area contributed by atoms with Crippen LogP contribution in [0.5, 0.6) is 17.4 Å². The summed E-state index contributed by atoms with van der Waals surface area (Å²) in [6, 6.07) is 12.1. The number of ether oxygens (including phenoxy) is 4. The van der Waals surface area contributed by atoms with E-state index < -0.39 is 11.4 Å². The van der Waals surface area contributed by atoms with Crippen molar-refractivity contribution in [3.8, 4) is 17.4 Å². The number of rotatable bonds is 7. The fourth-order valence-electron chi connectivity index (χ4n) is 7.40. The van der Waals surface area contributed by atoms with Crippen molar-refractivity contribution in [2.75, 3.05) is 6.54 Å². The number of aromatic nitrogens is 1. The lowest BCUT2D eigenvalue weighted by atomic mass is 9.81. The summed E-state index contributed by atoms with van der Waals surface area (Å²) in [5, 5.41) is 3.03. The van der Waals surface area contributed by atoms with Crippen LogP contribution >= 0.6 is 0 Å². The highest BCUT2D eigenvalue weighted by atomic mass is 16.7. The molecule has 1 aliphatic carbocycles. The van der Waals surface area contributed by atoms with Gasteiger partial charge in [0.25, 0.3) is 11.7 Å². The maximum Gasteiger partial charge on any atom is 0.407 e. The number of aryl methyl sites for hydroxylation is 2. The minimum atomic E-state index is -0.850. The van der Waals surface area contributed by atoms with Gasteiger partial charge in [-0.25, -0.2) is 9.78 Å². The molecule has 3 aromatic rings. The second-order valence-corrected chi connectivity index (χ2v) is 14.8. The highest BCUT2D eigenvalue weighted by Gasteiger charge is 2.48. The summed E-state index contributed by atoms with van der Waals surface area (Å²) in [6.45, 7) is 17.0. The molecule has 0 radical (unpaired) electrons. The van der Waals surface area contributed by atoms with Crippen molar-refractivity contribution in [2.45, 2.75) is 118 Å². The second kappa shape index (κ2) is 13.0. The Labute approximate surface area is 284 Å². The Morgan fingerprint density at radius 1 is 1.02 bits per heavy atom. The average molecular weight is 656 g/mol. The topological polar surface area (TPSA) is 99.2 Å². The van der Waals surface area contributed by atoms with Crippen LogP contribution in [0, 0.1) is 33.6 Å². The van der Waals surface area contributed by atoms with Crippen LogP contribution in [0.3, 0.4) is 0 Å². The Morgan fingerprint density at radius 3 is 2.35 bits per heavy atom. The zero-order valence-corrected chi connectivity index (χ0v) is 29.6. The smallest absolute Gasteiger partial charge is 0.407 e. The molecule has 1 unspecified atom stereocenters. The molecule has 1 N–H and O–H groups in total. The zero-order chi connectivity index (χ0) is 34.4. The monoisotopic (exact) mass is 655 g/mol. The molecule has 6 rings (SSSR count). The Morgan fingerprint density at radius 2 is 1.69 bits per heavy atom. The normalized spacial score (nSPS) is 21.9. The summed E-state index contributed by atoms with van der Waals surface area (Å²) < 4.78 is 25.1. The van der Waals surface area contributed by atoms with Crippen LogP contribution in [0.15, 0.2) is 36.4 Å². The summed E-state index contributed by atoms with van der Waals surface area (Å²) in [4.78, 5) is 33.2. The van der Waals surface area contributed by atoms with Gasteiger partial charge in [0.2, 0.25) is 5.88 Å². The van der Waals surface area contributed by atoms with E-state index in [9.17, 15) is 9.59 Å². The Kier molecular flexibility index (Phi) is 9.09. The lowest BCUT2D eigenvalue weighted by molar-refractivity contribution is -0.121. The molecule has 0 saturated heterocycles. The predicted octanol–water partition coefficient (Wildman–Crippen LogP) is 7.66. The molecule has 2 aliphatic heterocycles. The van der Waals surface area contributed by atoms with E-state index in [4.69, 9.17) is 23.9 Å². The van der Waals surface area contributed by atoms with Crippen LogP contribution in [0.2, 0.25) is 0 Å². The molecular formula is C39H49N3O6. The number of hydrogen-bond donors (Lipinski definition) is 1. The van der Waals surface area contributed by atoms with Crippen LogP contribution in [0.4, 0.5) is 4.79 Å². The van der Waals surface area contributed by atoms with E-state index in [1.165, 1.54) is 0 Å². The van der Waals surface area contributed by atoms with Crippen molar-refractivity contribution in [1.82, 2.24) is 15.2 Å². The highest BCUT2D eigenvalue weighted by molar-refractivity contribution is 6.00. The first-order valence-corrected chi connectivity index (χ1v) is 17.2. The summed E-state index contributed by atoms with van der Waals surface area (Å²) >= 11 is 0. The maximum atomic E-state index is 14.3. The van der Waals surface area contributed by atoms with Crippen LogP contribution in [-0.2, 0) is 24.3 Å². The first-order valence-electron chi connectivity index (χ1n) is 17.2. The summed E-state index contributed by atoms with van der Waals surface area (Å²) in [5.41, 5.74) is 6.92. The van der Waals surface area contributed by atoms with Crippen molar-refractivity contribution < 1.29 is 28.5 Å². The number of alkyl carbamates (subject to hydrolysis) is 1. The predicted molar refractivity (Wildman–Crippen MR) is 184 cm³/mol. The lowest BCUT2D eigenvalue weighted by Crippen LogP contribution is -2.48. The van der Waals surface area contributed by atoms with E-state index >= 15 is 0 Å². The Hall–Kier alpha value is -4.27. The number of nitrogens with one attached hydrogen (secondary N) is 1. The van der Waals surface area contributed by atoms with Gasteiger partial charge >= 0.3 is 6.09 Å². The first kappa shape index (κ1) is 33.6. The third-order valence-electron chi connectivity index (χ3n) is 9.95. The number of pyridine rings is 1. The van der Waals surface area contributed by atoms with Gasteiger partial charge in [-0.15, -0.1) is 0 Å². The number of carbonyl (C=O) groups excluding carboxylic acids is 2. The minimum absolute atomic E-state index is 0.0143. The van der Waals surface area contributed by atoms with Crippen molar-refractivity contribution in [2.24, 2.45) is 5.92 Å². The molecule has 1 atom stereocenters. The molecule has 3 aliphatic rings. The number of carbonyl (C=O) groups is 2. The van der Waals surface area contributed by atoms with Crippen LogP contribution < -0.4 is 19.5 Å². The number of fused-ring (bicyclic) bond motifs is 2. The van der Waals surface area contributed by atoms with Crippen LogP contribution in [0.25, 0.3) is 0 Å². The molecule has 3 heterocycles. The number of amides is 2. The molecular weight excluding hydrogens is 606 g/mol. The van der Waals surface area contributed by atoms with Gasteiger partial charge in [0.15, 0.2) is 11.5 Å². The molecule has 1 fully saturated rings. The zero-order valence-electron chi connectivity index (χ0n) is 29.6. The average Bonchev–Trinajstić information content (AvgIpc) is 3.40. The fraction of sp³-hybridized carbons (Fsp3) is 0.513. The number of hydrogen-bond acceptors (Lipinski definition) is 7. The van der Waals surface area contributed by atoms with E-state index in [2.05, 4.69) is 12.2 Å². The van der Waals surface area contributed by atoms with Crippen LogP contribution in [-0.4, -0.2) is 45.9 Å². The van der Waals surface area contributed by atoms with Gasteiger partial charge in [-0.05, 0) is 109 Å². The SMILES string of the molecule is Cc1cc(C)c(CN2CCc3c(C)c4c(c(C)c3C2=O)OC(C)(C2CCC(NC(=O)OC(C)(C)C)CC2)O4)c(OCc2ccccc2)n1. The Bertz CT molecular complexity index is 1710. The highest BCUT2D eigenvalue weighted by Crippen LogP contribution is 2.52. The standard InChI is InChI=1S/C39H49N3O6/c1-23-20-24(2)40-35(45-22-27-12-10-9-11-13-27)31(23)21-42-19-18-30-25(3)33-34(26(4)32(30)36(42)43)47-39(8,46-33)28-14-16-29(17-15-28)41-37(44)48-38(5,6)7/h9-13,20,28-29H,14-19,21-22H2,1-8H3,(H,41,44). The summed E-state index contributed by atoms with van der Waals surface area (Å²) in [5.74, 6) is 1.25. The first-order chi connectivity index (χ1) is 22.7. The molecule has 2 amide bonds. The quantitative estimate of drug-likeness (QED) is 0.279. The van der Waals surface area contributed by atoms with Crippen molar-refractivity contribution in [3.05, 3.63) is 81.0 Å². The lowest BCUT2D eigenvalue weighted by Gasteiger charge is -2.37. The maximum absolute atomic E-state index is 14.3. The van der Waals surface area contributed by atoms with E-state index in [1.807, 2.05) is 89.8 Å². The molecule has 256 valence electrons. The van der Waals surface area contributed by atoms with Gasteiger partial charge in [0.05, 0.1) is 6.54 Å². The molecule has 48 heavy (non-hydrogen) atoms. The van der Waals surface area contributed by atoms with Gasteiger partial charge in [0.1, 0.15) is 12.2 Å². The van der Waals surface area contributed by atoms with E-state index in [0.717, 1.165) is 76.9 Å². The molecule has 0 spiro atoms. The largest absolute Gasteiger partial charge is 0.473 e. The molecule has 1 saturated carbocycles. The van der Waals surface area contributed by atoms with Gasteiger partial charge in [-0.2, -0.15) is 0 Å². The van der Waals surface area contributed by atoms with Crippen molar-refractivity contribution >= 4 is 12.0 Å². The molecule has 2 aromatic carbocycles. The van der Waals surface area contributed by atoms with Gasteiger partial charge in [-0.3, -0.25) is 4.79 Å². The van der Waals surface area contributed by atoms with Gasteiger partial charge < -0.3 is 29.2 Å². The van der Waals surface area contributed by atoms with Crippen LogP contribution in [0.1, 0.15) is 103 Å². The minimum Gasteiger partial charge on any atom is -0.473 e. The molecule has 9 nitrogen and oxygen atoms in total. The van der Waals surface area contributed by atoms with Crippen molar-refractivity contribution in [1.29, 1.82) is 0 Å². The number of benzene rings is 2. The van der Waals surface area contributed by atoms with Crippen molar-refractivity contribution in [3.63, 3.8) is 0 Å². The second-order valence-electron chi connectivity index (χ2n) is 14.8. The summed E-state index contributed by atoms with van der Waals surface area (Å²) in [7, 11) is 0.